The number of carbonyl (C=O) groups is 3. The van der Waals surface area contributed by atoms with Crippen LogP contribution in [-0.2, 0) is 20.9 Å². The number of hydrogen-bond donors (Lipinski definition) is 1. The largest absolute Gasteiger partial charge is 0.352 e. The Bertz CT molecular complexity index is 1190. The summed E-state index contributed by atoms with van der Waals surface area (Å²) >= 11 is 0. The Morgan fingerprint density at radius 3 is 2.33 bits per heavy atom. The van der Waals surface area contributed by atoms with Crippen molar-refractivity contribution in [3.63, 3.8) is 0 Å². The van der Waals surface area contributed by atoms with E-state index in [0.29, 0.717) is 23.5 Å². The number of aromatic nitrogens is 2. The number of Topliss-reactive ketones (excluding diaryl/α,β-unsaturated/α-hetero) is 2. The van der Waals surface area contributed by atoms with E-state index in [2.05, 4.69) is 15.3 Å². The van der Waals surface area contributed by atoms with Crippen LogP contribution in [0.1, 0.15) is 41.0 Å². The van der Waals surface area contributed by atoms with Gasteiger partial charge >= 0.3 is 0 Å². The third kappa shape index (κ3) is 4.87. The van der Waals surface area contributed by atoms with Gasteiger partial charge in [-0.15, -0.1) is 0 Å². The van der Waals surface area contributed by atoms with Gasteiger partial charge in [0.1, 0.15) is 11.7 Å². The summed E-state index contributed by atoms with van der Waals surface area (Å²) in [5, 5.41) is 2.83. The fraction of sp³-hybridized carbons (Fsp3) is 0.269. The number of rotatable bonds is 6. The summed E-state index contributed by atoms with van der Waals surface area (Å²) in [5.41, 5.74) is 3.85. The minimum Gasteiger partial charge on any atom is -0.352 e. The number of hydrogen-bond acceptors (Lipinski definition) is 5. The average Bonchev–Trinajstić information content (AvgIpc) is 3.06. The summed E-state index contributed by atoms with van der Waals surface area (Å²) in [6, 6.07) is 13.1. The van der Waals surface area contributed by atoms with E-state index in [1.807, 2.05) is 44.2 Å². The molecule has 1 N–H and O–H groups in total. The molecule has 7 heteroatoms. The number of amides is 1. The van der Waals surface area contributed by atoms with E-state index in [4.69, 9.17) is 0 Å². The van der Waals surface area contributed by atoms with Crippen molar-refractivity contribution in [2.75, 3.05) is 0 Å². The Hall–Kier alpha value is -3.74. The molecule has 1 saturated carbocycles. The number of halogens is 1. The van der Waals surface area contributed by atoms with Gasteiger partial charge in [-0.2, -0.15) is 0 Å². The monoisotopic (exact) mass is 445 g/mol. The second kappa shape index (κ2) is 9.40. The molecule has 168 valence electrons. The molecule has 2 aromatic carbocycles. The molecule has 3 aromatic rings. The van der Waals surface area contributed by atoms with E-state index in [-0.39, 0.29) is 30.3 Å². The zero-order valence-corrected chi connectivity index (χ0v) is 18.5. The number of nitrogens with one attached hydrogen (secondary N) is 1. The van der Waals surface area contributed by atoms with E-state index in [9.17, 15) is 18.8 Å². The Labute approximate surface area is 191 Å². The summed E-state index contributed by atoms with van der Waals surface area (Å²) < 4.78 is 13.1. The SMILES string of the molecule is Cc1cc(-c2ncc(F)cn2)cc(C)c1C1C(=O)CC(CC(=O)NCc2ccccc2)C1=O. The predicted octanol–water partition coefficient (Wildman–Crippen LogP) is 3.85. The first-order valence-electron chi connectivity index (χ1n) is 10.8. The molecule has 1 aromatic heterocycles. The zero-order chi connectivity index (χ0) is 23.5. The number of benzene rings is 2. The predicted molar refractivity (Wildman–Crippen MR) is 121 cm³/mol. The third-order valence-corrected chi connectivity index (χ3v) is 5.98. The van der Waals surface area contributed by atoms with Crippen LogP contribution in [0.3, 0.4) is 0 Å². The Morgan fingerprint density at radius 2 is 1.70 bits per heavy atom. The maximum absolute atomic E-state index is 13.2. The minimum atomic E-state index is -0.875. The molecule has 2 atom stereocenters. The quantitative estimate of drug-likeness (QED) is 0.582. The lowest BCUT2D eigenvalue weighted by atomic mass is 9.86. The highest BCUT2D eigenvalue weighted by Gasteiger charge is 2.43. The summed E-state index contributed by atoms with van der Waals surface area (Å²) in [5.74, 6) is -2.29. The van der Waals surface area contributed by atoms with Gasteiger partial charge in [-0.05, 0) is 48.2 Å². The molecule has 0 aliphatic heterocycles. The summed E-state index contributed by atoms with van der Waals surface area (Å²) in [7, 11) is 0. The van der Waals surface area contributed by atoms with Gasteiger partial charge in [-0.3, -0.25) is 14.4 Å². The summed E-state index contributed by atoms with van der Waals surface area (Å²) in [6.07, 6.45) is 2.24. The van der Waals surface area contributed by atoms with E-state index in [1.165, 1.54) is 0 Å². The molecule has 33 heavy (non-hydrogen) atoms. The number of carbonyl (C=O) groups excluding carboxylic acids is 3. The standard InChI is InChI=1S/C26H24FN3O3/c1-15-8-19(26-29-13-20(27)14-30-26)9-16(2)23(15)24-21(31)10-18(25(24)33)11-22(32)28-12-17-6-4-3-5-7-17/h3-9,13-14,18,24H,10-12H2,1-2H3,(H,28,32). The lowest BCUT2D eigenvalue weighted by Crippen LogP contribution is -2.27. The van der Waals surface area contributed by atoms with Crippen molar-refractivity contribution in [3.05, 3.63) is 82.9 Å². The highest BCUT2D eigenvalue weighted by atomic mass is 19.1. The second-order valence-corrected chi connectivity index (χ2v) is 8.42. The smallest absolute Gasteiger partial charge is 0.221 e. The zero-order valence-electron chi connectivity index (χ0n) is 18.5. The first-order valence-corrected chi connectivity index (χ1v) is 10.8. The summed E-state index contributed by atoms with van der Waals surface area (Å²) in [4.78, 5) is 46.4. The topological polar surface area (TPSA) is 89.0 Å². The molecule has 1 heterocycles. The number of aryl methyl sites for hydroxylation is 2. The van der Waals surface area contributed by atoms with Crippen molar-refractivity contribution >= 4 is 17.5 Å². The second-order valence-electron chi connectivity index (χ2n) is 8.42. The van der Waals surface area contributed by atoms with Gasteiger partial charge in [0.25, 0.3) is 0 Å². The third-order valence-electron chi connectivity index (χ3n) is 5.98. The van der Waals surface area contributed by atoms with E-state index < -0.39 is 17.7 Å². The van der Waals surface area contributed by atoms with Crippen LogP contribution in [0.15, 0.2) is 54.9 Å². The maximum atomic E-state index is 13.2. The van der Waals surface area contributed by atoms with Gasteiger partial charge in [0.05, 0.1) is 12.4 Å². The van der Waals surface area contributed by atoms with Gasteiger partial charge in [-0.25, -0.2) is 14.4 Å². The van der Waals surface area contributed by atoms with Crippen molar-refractivity contribution in [2.45, 2.75) is 39.2 Å². The van der Waals surface area contributed by atoms with Gasteiger partial charge in [0.2, 0.25) is 5.91 Å². The fourth-order valence-electron chi connectivity index (χ4n) is 4.44. The van der Waals surface area contributed by atoms with Crippen LogP contribution in [-0.4, -0.2) is 27.4 Å². The summed E-state index contributed by atoms with van der Waals surface area (Å²) in [6.45, 7) is 4.04. The Kier molecular flexibility index (Phi) is 6.40. The molecule has 1 aliphatic rings. The Balaban J connectivity index is 1.49. The van der Waals surface area contributed by atoms with Crippen LogP contribution >= 0.6 is 0 Å². The van der Waals surface area contributed by atoms with Crippen LogP contribution in [0.4, 0.5) is 4.39 Å². The number of ketones is 2. The first kappa shape index (κ1) is 22.5. The van der Waals surface area contributed by atoms with Crippen molar-refractivity contribution in [1.29, 1.82) is 0 Å². The molecule has 0 spiro atoms. The minimum absolute atomic E-state index is 0.00644. The molecular weight excluding hydrogens is 421 g/mol. The molecule has 1 aliphatic carbocycles. The Morgan fingerprint density at radius 1 is 1.06 bits per heavy atom. The van der Waals surface area contributed by atoms with Crippen LogP contribution in [0, 0.1) is 25.6 Å². The van der Waals surface area contributed by atoms with Crippen molar-refractivity contribution < 1.29 is 18.8 Å². The molecule has 2 unspecified atom stereocenters. The van der Waals surface area contributed by atoms with Gasteiger partial charge < -0.3 is 5.32 Å². The van der Waals surface area contributed by atoms with Crippen molar-refractivity contribution in [1.82, 2.24) is 15.3 Å². The van der Waals surface area contributed by atoms with Crippen molar-refractivity contribution in [3.8, 4) is 11.4 Å². The molecule has 1 fully saturated rings. The molecule has 0 radical (unpaired) electrons. The highest BCUT2D eigenvalue weighted by Crippen LogP contribution is 2.38. The molecule has 4 rings (SSSR count). The van der Waals surface area contributed by atoms with Crippen LogP contribution in [0.2, 0.25) is 0 Å². The molecule has 1 amide bonds. The van der Waals surface area contributed by atoms with Gasteiger partial charge in [0.15, 0.2) is 17.4 Å². The average molecular weight is 445 g/mol. The fourth-order valence-corrected chi connectivity index (χ4v) is 4.44. The van der Waals surface area contributed by atoms with Gasteiger partial charge in [0, 0.05) is 30.9 Å². The molecular formula is C26H24FN3O3. The molecule has 6 nitrogen and oxygen atoms in total. The highest BCUT2D eigenvalue weighted by molar-refractivity contribution is 6.15. The van der Waals surface area contributed by atoms with E-state index >= 15 is 0 Å². The molecule has 0 bridgehead atoms. The lowest BCUT2D eigenvalue weighted by Gasteiger charge is -2.17. The van der Waals surface area contributed by atoms with E-state index in [1.54, 1.807) is 12.1 Å². The van der Waals surface area contributed by atoms with E-state index in [0.717, 1.165) is 29.1 Å². The van der Waals surface area contributed by atoms with Gasteiger partial charge in [-0.1, -0.05) is 30.3 Å². The van der Waals surface area contributed by atoms with Crippen LogP contribution in [0.5, 0.6) is 0 Å². The normalized spacial score (nSPS) is 17.9. The van der Waals surface area contributed by atoms with Crippen molar-refractivity contribution in [2.24, 2.45) is 5.92 Å². The molecule has 0 saturated heterocycles. The van der Waals surface area contributed by atoms with Crippen LogP contribution < -0.4 is 5.32 Å². The lowest BCUT2D eigenvalue weighted by molar-refractivity contribution is -0.128. The van der Waals surface area contributed by atoms with Crippen LogP contribution in [0.25, 0.3) is 11.4 Å². The number of nitrogens with zero attached hydrogens (tertiary/aromatic N) is 2. The maximum Gasteiger partial charge on any atom is 0.221 e. The first-order chi connectivity index (χ1) is 15.8.